The first-order valence-electron chi connectivity index (χ1n) is 8.69. The highest BCUT2D eigenvalue weighted by atomic mass is 16.3. The van der Waals surface area contributed by atoms with Crippen LogP contribution in [-0.4, -0.2) is 5.11 Å². The highest BCUT2D eigenvalue weighted by Gasteiger charge is 2.25. The molecule has 0 amide bonds. The largest absolute Gasteiger partial charge is 0.507 e. The van der Waals surface area contributed by atoms with Gasteiger partial charge in [0.15, 0.2) is 0 Å². The maximum absolute atomic E-state index is 11.7. The number of hydrogen-bond acceptors (Lipinski definition) is 3. The van der Waals surface area contributed by atoms with E-state index in [1.807, 2.05) is 38.1 Å². The summed E-state index contributed by atoms with van der Waals surface area (Å²) in [6.07, 6.45) is 0. The number of aromatic hydroxyl groups is 1. The quantitative estimate of drug-likeness (QED) is 0.621. The van der Waals surface area contributed by atoms with E-state index in [0.717, 1.165) is 33.4 Å². The molecule has 3 nitrogen and oxygen atoms in total. The molecule has 0 saturated heterocycles. The molecular weight excluding hydrogens is 310 g/mol. The molecule has 0 unspecified atom stereocenters. The van der Waals surface area contributed by atoms with E-state index in [-0.39, 0.29) is 10.8 Å². The second-order valence-electron chi connectivity index (χ2n) is 8.99. The van der Waals surface area contributed by atoms with E-state index in [1.165, 1.54) is 0 Å². The third-order valence-electron chi connectivity index (χ3n) is 4.57. The summed E-state index contributed by atoms with van der Waals surface area (Å²) in [7, 11) is 0. The van der Waals surface area contributed by atoms with Crippen LogP contribution in [0.1, 0.15) is 63.8 Å². The Morgan fingerprint density at radius 3 is 1.88 bits per heavy atom. The van der Waals surface area contributed by atoms with Crippen molar-refractivity contribution in [3.8, 4) is 16.9 Å². The van der Waals surface area contributed by atoms with Crippen LogP contribution in [0.4, 0.5) is 5.69 Å². The lowest BCUT2D eigenvalue weighted by molar-refractivity contribution is 0.443. The second-order valence-corrected chi connectivity index (χ2v) is 8.99. The molecule has 0 radical (unpaired) electrons. The van der Waals surface area contributed by atoms with Gasteiger partial charge in [-0.2, -0.15) is 0 Å². The van der Waals surface area contributed by atoms with Gasteiger partial charge in [0.2, 0.25) is 0 Å². The molecule has 2 rings (SSSR count). The van der Waals surface area contributed by atoms with Gasteiger partial charge in [-0.05, 0) is 64.7 Å². The first-order chi connectivity index (χ1) is 11.4. The zero-order valence-electron chi connectivity index (χ0n) is 16.6. The van der Waals surface area contributed by atoms with E-state index in [4.69, 9.17) is 0 Å². The molecule has 0 fully saturated rings. The van der Waals surface area contributed by atoms with Crippen molar-refractivity contribution >= 4 is 5.69 Å². The average molecular weight is 339 g/mol. The summed E-state index contributed by atoms with van der Waals surface area (Å²) in [5.74, 6) is 0.320. The standard InChI is InChI=1S/C22H29NO2/c1-13-9-16(19(23-25)17(10-13)21(3,4)5)15-11-14(2)20(24)18(12-15)22(6,7)8/h9-12,24H,1-8H3. The minimum absolute atomic E-state index is 0.178. The average Bonchev–Trinajstić information content (AvgIpc) is 2.46. The van der Waals surface area contributed by atoms with E-state index in [0.29, 0.717) is 11.4 Å². The Morgan fingerprint density at radius 1 is 0.840 bits per heavy atom. The molecule has 2 aromatic carbocycles. The topological polar surface area (TPSA) is 49.7 Å². The Balaban J connectivity index is 2.86. The molecule has 0 aromatic heterocycles. The van der Waals surface area contributed by atoms with Crippen LogP contribution in [0.5, 0.6) is 5.75 Å². The van der Waals surface area contributed by atoms with Gasteiger partial charge in [0, 0.05) is 11.1 Å². The van der Waals surface area contributed by atoms with Gasteiger partial charge in [0.25, 0.3) is 0 Å². The number of nitroso groups, excluding NO2 is 1. The van der Waals surface area contributed by atoms with E-state index in [2.05, 4.69) is 46.7 Å². The predicted octanol–water partition coefficient (Wildman–Crippen LogP) is 6.67. The molecule has 0 spiro atoms. The summed E-state index contributed by atoms with van der Waals surface area (Å²) >= 11 is 0. The zero-order chi connectivity index (χ0) is 19.2. The smallest absolute Gasteiger partial charge is 0.122 e. The third kappa shape index (κ3) is 3.76. The van der Waals surface area contributed by atoms with Crippen molar-refractivity contribution in [3.05, 3.63) is 51.4 Å². The summed E-state index contributed by atoms with van der Waals surface area (Å²) in [4.78, 5) is 11.7. The van der Waals surface area contributed by atoms with Crippen LogP contribution < -0.4 is 0 Å². The van der Waals surface area contributed by atoms with Crippen LogP contribution in [0.25, 0.3) is 11.1 Å². The molecule has 0 saturated carbocycles. The van der Waals surface area contributed by atoms with Crippen LogP contribution in [0.3, 0.4) is 0 Å². The van der Waals surface area contributed by atoms with Crippen LogP contribution in [0.15, 0.2) is 29.4 Å². The lowest BCUT2D eigenvalue weighted by Gasteiger charge is -2.25. The minimum atomic E-state index is -0.198. The highest BCUT2D eigenvalue weighted by molar-refractivity contribution is 5.81. The fourth-order valence-electron chi connectivity index (χ4n) is 3.18. The fraction of sp³-hybridized carbons (Fsp3) is 0.455. The van der Waals surface area contributed by atoms with Crippen molar-refractivity contribution in [1.82, 2.24) is 0 Å². The van der Waals surface area contributed by atoms with Crippen LogP contribution in [0.2, 0.25) is 0 Å². The number of phenolic OH excluding ortho intramolecular Hbond substituents is 1. The number of aryl methyl sites for hydroxylation is 2. The Morgan fingerprint density at radius 2 is 1.40 bits per heavy atom. The van der Waals surface area contributed by atoms with Crippen LogP contribution >= 0.6 is 0 Å². The maximum Gasteiger partial charge on any atom is 0.122 e. The predicted molar refractivity (Wildman–Crippen MR) is 106 cm³/mol. The van der Waals surface area contributed by atoms with Crippen LogP contribution in [0, 0.1) is 18.8 Å². The maximum atomic E-state index is 11.7. The minimum Gasteiger partial charge on any atom is -0.507 e. The normalized spacial score (nSPS) is 12.3. The monoisotopic (exact) mass is 339 g/mol. The number of phenols is 1. The number of rotatable bonds is 2. The summed E-state index contributed by atoms with van der Waals surface area (Å²) in [6.45, 7) is 16.4. The van der Waals surface area contributed by atoms with Gasteiger partial charge in [0.1, 0.15) is 11.4 Å². The lowest BCUT2D eigenvalue weighted by Crippen LogP contribution is -2.13. The SMILES string of the molecule is Cc1cc(-c2cc(C)c(O)c(C(C)(C)C)c2)c(N=O)c(C(C)(C)C)c1. The molecular formula is C22H29NO2. The Bertz CT molecular complexity index is 821. The van der Waals surface area contributed by atoms with Crippen LogP contribution in [-0.2, 0) is 10.8 Å². The van der Waals surface area contributed by atoms with E-state index in [1.54, 1.807) is 0 Å². The van der Waals surface area contributed by atoms with Crippen molar-refractivity contribution in [2.24, 2.45) is 5.18 Å². The Hall–Kier alpha value is -2.16. The fourth-order valence-corrected chi connectivity index (χ4v) is 3.18. The van der Waals surface area contributed by atoms with E-state index in [9.17, 15) is 10.0 Å². The molecule has 1 N–H and O–H groups in total. The molecule has 0 bridgehead atoms. The van der Waals surface area contributed by atoms with Gasteiger partial charge in [-0.1, -0.05) is 53.2 Å². The van der Waals surface area contributed by atoms with Crippen molar-refractivity contribution in [1.29, 1.82) is 0 Å². The number of hydrogen-bond donors (Lipinski definition) is 1. The van der Waals surface area contributed by atoms with E-state index >= 15 is 0 Å². The molecule has 0 aliphatic carbocycles. The van der Waals surface area contributed by atoms with Crippen molar-refractivity contribution in [2.45, 2.75) is 66.2 Å². The summed E-state index contributed by atoms with van der Waals surface area (Å²) in [5, 5.41) is 13.9. The molecule has 2 aromatic rings. The molecule has 0 heterocycles. The second kappa shape index (κ2) is 6.29. The summed E-state index contributed by atoms with van der Waals surface area (Å²) in [5.41, 5.74) is 5.58. The highest BCUT2D eigenvalue weighted by Crippen LogP contribution is 2.43. The summed E-state index contributed by atoms with van der Waals surface area (Å²) in [6, 6.07) is 7.96. The Kier molecular flexibility index (Phi) is 4.82. The van der Waals surface area contributed by atoms with Gasteiger partial charge >= 0.3 is 0 Å². The van der Waals surface area contributed by atoms with Gasteiger partial charge in [-0.3, -0.25) is 0 Å². The third-order valence-corrected chi connectivity index (χ3v) is 4.57. The Labute approximate surface area is 151 Å². The zero-order valence-corrected chi connectivity index (χ0v) is 16.6. The number of nitrogens with zero attached hydrogens (tertiary/aromatic N) is 1. The first kappa shape index (κ1) is 19.2. The molecule has 0 aliphatic rings. The summed E-state index contributed by atoms with van der Waals surface area (Å²) < 4.78 is 0. The van der Waals surface area contributed by atoms with E-state index < -0.39 is 0 Å². The molecule has 25 heavy (non-hydrogen) atoms. The van der Waals surface area contributed by atoms with Crippen molar-refractivity contribution < 1.29 is 5.11 Å². The van der Waals surface area contributed by atoms with Gasteiger partial charge < -0.3 is 5.11 Å². The molecule has 134 valence electrons. The first-order valence-corrected chi connectivity index (χ1v) is 8.69. The van der Waals surface area contributed by atoms with Gasteiger partial charge in [-0.25, -0.2) is 0 Å². The van der Waals surface area contributed by atoms with Gasteiger partial charge in [-0.15, -0.1) is 4.91 Å². The lowest BCUT2D eigenvalue weighted by atomic mass is 9.80. The molecule has 0 atom stereocenters. The number of benzene rings is 2. The van der Waals surface area contributed by atoms with Gasteiger partial charge in [0.05, 0.1) is 0 Å². The van der Waals surface area contributed by atoms with Crippen molar-refractivity contribution in [3.63, 3.8) is 0 Å². The van der Waals surface area contributed by atoms with Crippen molar-refractivity contribution in [2.75, 3.05) is 0 Å². The molecule has 3 heteroatoms. The molecule has 0 aliphatic heterocycles.